The van der Waals surface area contributed by atoms with E-state index in [0.717, 1.165) is 35.1 Å². The second-order valence-corrected chi connectivity index (χ2v) is 7.33. The second-order valence-electron chi connectivity index (χ2n) is 6.41. The maximum Gasteiger partial charge on any atom is 0.125 e. The number of nitrogens with one attached hydrogen (secondary N) is 1. The molecule has 4 atom stereocenters. The van der Waals surface area contributed by atoms with Crippen molar-refractivity contribution in [1.82, 2.24) is 5.32 Å². The lowest BCUT2D eigenvalue weighted by atomic mass is 9.95. The van der Waals surface area contributed by atoms with Gasteiger partial charge in [-0.1, -0.05) is 35.8 Å². The number of hydrogen-bond donors (Lipinski definition) is 1. The Kier molecular flexibility index (Phi) is 4.37. The molecule has 3 heteroatoms. The minimum atomic E-state index is 0.443. The van der Waals surface area contributed by atoms with E-state index in [1.54, 1.807) is 0 Å². The Labute approximate surface area is 130 Å². The first-order chi connectivity index (χ1) is 9.65. The normalized spacial score (nSPS) is 33.4. The Morgan fingerprint density at radius 2 is 2.05 bits per heavy atom. The molecule has 0 bridgehead atoms. The van der Waals surface area contributed by atoms with Crippen molar-refractivity contribution in [2.24, 2.45) is 11.8 Å². The van der Waals surface area contributed by atoms with Gasteiger partial charge in [0.25, 0.3) is 0 Å². The maximum absolute atomic E-state index is 5.90. The summed E-state index contributed by atoms with van der Waals surface area (Å²) >= 11 is 3.54. The number of fused-ring (bicyclic) bond motifs is 1. The van der Waals surface area contributed by atoms with Gasteiger partial charge in [-0.05, 0) is 49.7 Å². The zero-order valence-electron chi connectivity index (χ0n) is 12.4. The first kappa shape index (κ1) is 14.4. The monoisotopic (exact) mass is 337 g/mol. The van der Waals surface area contributed by atoms with Crippen molar-refractivity contribution in [2.75, 3.05) is 6.61 Å². The fourth-order valence-corrected chi connectivity index (χ4v) is 3.92. The van der Waals surface area contributed by atoms with Gasteiger partial charge in [0.15, 0.2) is 0 Å². The highest BCUT2D eigenvalue weighted by Crippen LogP contribution is 2.37. The zero-order valence-corrected chi connectivity index (χ0v) is 13.9. The molecule has 1 aliphatic heterocycles. The summed E-state index contributed by atoms with van der Waals surface area (Å²) in [6.45, 7) is 5.61. The summed E-state index contributed by atoms with van der Waals surface area (Å²) < 4.78 is 7.00. The van der Waals surface area contributed by atoms with E-state index in [-0.39, 0.29) is 0 Å². The van der Waals surface area contributed by atoms with E-state index >= 15 is 0 Å². The molecule has 1 fully saturated rings. The van der Waals surface area contributed by atoms with Gasteiger partial charge >= 0.3 is 0 Å². The molecule has 3 rings (SSSR count). The number of rotatable bonds is 2. The molecule has 0 spiro atoms. The Hall–Kier alpha value is -0.540. The Balaban J connectivity index is 1.80. The van der Waals surface area contributed by atoms with Gasteiger partial charge in [0, 0.05) is 22.1 Å². The van der Waals surface area contributed by atoms with Crippen LogP contribution in [-0.4, -0.2) is 12.6 Å². The van der Waals surface area contributed by atoms with Gasteiger partial charge in [-0.15, -0.1) is 0 Å². The molecule has 1 aliphatic carbocycles. The van der Waals surface area contributed by atoms with Crippen molar-refractivity contribution in [3.63, 3.8) is 0 Å². The highest BCUT2D eigenvalue weighted by atomic mass is 79.9. The summed E-state index contributed by atoms with van der Waals surface area (Å²) in [6, 6.07) is 7.55. The average Bonchev–Trinajstić information content (AvgIpc) is 2.64. The topological polar surface area (TPSA) is 21.3 Å². The van der Waals surface area contributed by atoms with Gasteiger partial charge in [0.2, 0.25) is 0 Å². The molecule has 1 saturated carbocycles. The Bertz CT molecular complexity index is 476. The lowest BCUT2D eigenvalue weighted by molar-refractivity contribution is 0.309. The number of halogens is 1. The third-order valence-corrected chi connectivity index (χ3v) is 5.62. The fraction of sp³-hybridized carbons (Fsp3) is 0.647. The summed E-state index contributed by atoms with van der Waals surface area (Å²) in [4.78, 5) is 0. The van der Waals surface area contributed by atoms with Crippen LogP contribution in [0.25, 0.3) is 0 Å². The van der Waals surface area contributed by atoms with Crippen molar-refractivity contribution in [3.8, 4) is 5.75 Å². The number of ether oxygens (including phenoxy) is 1. The zero-order chi connectivity index (χ0) is 14.1. The SMILES string of the molecule is CC1CCC(NC2CCCOc3cc(Br)ccc32)C1C. The molecule has 1 N–H and O–H groups in total. The predicted molar refractivity (Wildman–Crippen MR) is 86.1 cm³/mol. The van der Waals surface area contributed by atoms with Crippen LogP contribution in [0, 0.1) is 11.8 Å². The number of hydrogen-bond acceptors (Lipinski definition) is 2. The second kappa shape index (κ2) is 6.07. The summed E-state index contributed by atoms with van der Waals surface area (Å²) in [5.41, 5.74) is 1.33. The predicted octanol–water partition coefficient (Wildman–Crippen LogP) is 4.69. The van der Waals surface area contributed by atoms with Crippen LogP contribution < -0.4 is 10.1 Å². The van der Waals surface area contributed by atoms with E-state index in [0.29, 0.717) is 12.1 Å². The van der Waals surface area contributed by atoms with Crippen molar-refractivity contribution in [2.45, 2.75) is 51.6 Å². The highest BCUT2D eigenvalue weighted by Gasteiger charge is 2.32. The van der Waals surface area contributed by atoms with Crippen molar-refractivity contribution >= 4 is 15.9 Å². The van der Waals surface area contributed by atoms with E-state index < -0.39 is 0 Å². The van der Waals surface area contributed by atoms with Crippen LogP contribution in [0.5, 0.6) is 5.75 Å². The first-order valence-corrected chi connectivity index (χ1v) is 8.62. The summed E-state index contributed by atoms with van der Waals surface area (Å²) in [7, 11) is 0. The quantitative estimate of drug-likeness (QED) is 0.845. The minimum Gasteiger partial charge on any atom is -0.493 e. The fourth-order valence-electron chi connectivity index (χ4n) is 3.58. The highest BCUT2D eigenvalue weighted by molar-refractivity contribution is 9.10. The van der Waals surface area contributed by atoms with Crippen LogP contribution in [0.1, 0.15) is 51.1 Å². The van der Waals surface area contributed by atoms with Gasteiger partial charge < -0.3 is 10.1 Å². The first-order valence-electron chi connectivity index (χ1n) is 7.83. The molecule has 0 aromatic heterocycles. The van der Waals surface area contributed by atoms with Crippen molar-refractivity contribution in [3.05, 3.63) is 28.2 Å². The maximum atomic E-state index is 5.90. The van der Waals surface area contributed by atoms with Crippen LogP contribution in [0.2, 0.25) is 0 Å². The lowest BCUT2D eigenvalue weighted by Crippen LogP contribution is -2.35. The molecule has 20 heavy (non-hydrogen) atoms. The molecule has 4 unspecified atom stereocenters. The van der Waals surface area contributed by atoms with Crippen LogP contribution in [0.3, 0.4) is 0 Å². The van der Waals surface area contributed by atoms with Crippen LogP contribution in [-0.2, 0) is 0 Å². The van der Waals surface area contributed by atoms with Gasteiger partial charge in [-0.3, -0.25) is 0 Å². The van der Waals surface area contributed by atoms with Gasteiger partial charge in [0.1, 0.15) is 5.75 Å². The lowest BCUT2D eigenvalue weighted by Gasteiger charge is -2.26. The molecule has 0 radical (unpaired) electrons. The number of benzene rings is 1. The van der Waals surface area contributed by atoms with Crippen LogP contribution in [0.15, 0.2) is 22.7 Å². The molecule has 1 aromatic rings. The Morgan fingerprint density at radius 3 is 2.80 bits per heavy atom. The molecular weight excluding hydrogens is 314 g/mol. The average molecular weight is 338 g/mol. The molecule has 0 saturated heterocycles. The minimum absolute atomic E-state index is 0.443. The standard InChI is InChI=1S/C17H24BrNO/c1-11-5-8-15(12(11)2)19-16-4-3-9-20-17-10-13(18)6-7-14(16)17/h6-7,10-12,15-16,19H,3-5,8-9H2,1-2H3. The molecule has 2 nitrogen and oxygen atoms in total. The summed E-state index contributed by atoms with van der Waals surface area (Å²) in [5, 5.41) is 3.92. The van der Waals surface area contributed by atoms with Gasteiger partial charge in [-0.2, -0.15) is 0 Å². The Morgan fingerprint density at radius 1 is 1.20 bits per heavy atom. The summed E-state index contributed by atoms with van der Waals surface area (Å²) in [6.07, 6.45) is 4.97. The van der Waals surface area contributed by atoms with E-state index in [4.69, 9.17) is 4.74 Å². The largest absolute Gasteiger partial charge is 0.493 e. The molecule has 110 valence electrons. The molecule has 2 aliphatic rings. The third kappa shape index (κ3) is 2.89. The molecular formula is C17H24BrNO. The van der Waals surface area contributed by atoms with Gasteiger partial charge in [0.05, 0.1) is 6.61 Å². The van der Waals surface area contributed by atoms with E-state index in [9.17, 15) is 0 Å². The van der Waals surface area contributed by atoms with Crippen molar-refractivity contribution in [1.29, 1.82) is 0 Å². The van der Waals surface area contributed by atoms with Crippen LogP contribution >= 0.6 is 15.9 Å². The van der Waals surface area contributed by atoms with E-state index in [2.05, 4.69) is 53.3 Å². The van der Waals surface area contributed by atoms with Gasteiger partial charge in [-0.25, -0.2) is 0 Å². The summed E-state index contributed by atoms with van der Waals surface area (Å²) in [5.74, 6) is 2.67. The third-order valence-electron chi connectivity index (χ3n) is 5.13. The molecule has 0 amide bonds. The van der Waals surface area contributed by atoms with E-state index in [1.807, 2.05) is 0 Å². The van der Waals surface area contributed by atoms with Crippen LogP contribution in [0.4, 0.5) is 0 Å². The van der Waals surface area contributed by atoms with Crippen molar-refractivity contribution < 1.29 is 4.74 Å². The smallest absolute Gasteiger partial charge is 0.125 e. The molecule has 1 aromatic carbocycles. The molecule has 1 heterocycles. The van der Waals surface area contributed by atoms with E-state index in [1.165, 1.54) is 24.8 Å².